The highest BCUT2D eigenvalue weighted by atomic mass is 16.5. The lowest BCUT2D eigenvalue weighted by atomic mass is 10.1. The minimum Gasteiger partial charge on any atom is -0.437 e. The molecule has 4 heteroatoms. The van der Waals surface area contributed by atoms with Crippen LogP contribution in [0.2, 0.25) is 0 Å². The van der Waals surface area contributed by atoms with Crippen LogP contribution in [0.3, 0.4) is 0 Å². The van der Waals surface area contributed by atoms with Gasteiger partial charge in [0, 0.05) is 6.54 Å². The van der Waals surface area contributed by atoms with Crippen molar-refractivity contribution in [1.29, 1.82) is 0 Å². The first-order valence-electron chi connectivity index (χ1n) is 6.50. The van der Waals surface area contributed by atoms with Crippen LogP contribution in [0.15, 0.2) is 30.6 Å². The summed E-state index contributed by atoms with van der Waals surface area (Å²) in [7, 11) is 0. The van der Waals surface area contributed by atoms with Crippen molar-refractivity contribution in [2.75, 3.05) is 11.9 Å². The Balaban J connectivity index is 2.16. The van der Waals surface area contributed by atoms with Crippen molar-refractivity contribution in [3.63, 3.8) is 0 Å². The average Bonchev–Trinajstić information content (AvgIpc) is 2.42. The van der Waals surface area contributed by atoms with Gasteiger partial charge in [0.25, 0.3) is 0 Å². The zero-order chi connectivity index (χ0) is 13.7. The van der Waals surface area contributed by atoms with E-state index in [1.54, 1.807) is 12.4 Å². The smallest absolute Gasteiger partial charge is 0.239 e. The van der Waals surface area contributed by atoms with Gasteiger partial charge in [-0.15, -0.1) is 0 Å². The third kappa shape index (κ3) is 3.44. The Morgan fingerprint density at radius 3 is 2.84 bits per heavy atom. The maximum Gasteiger partial charge on any atom is 0.239 e. The van der Waals surface area contributed by atoms with Gasteiger partial charge in [0.1, 0.15) is 11.6 Å². The van der Waals surface area contributed by atoms with Gasteiger partial charge >= 0.3 is 0 Å². The fourth-order valence-electron chi connectivity index (χ4n) is 1.68. The maximum atomic E-state index is 5.80. The number of anilines is 1. The monoisotopic (exact) mass is 257 g/mol. The fourth-order valence-corrected chi connectivity index (χ4v) is 1.68. The first-order valence-corrected chi connectivity index (χ1v) is 6.50. The molecule has 0 aliphatic rings. The SMILES string of the molecule is CCCNc1cncc(Oc2cccc(C)c2C)n1. The number of nitrogens with one attached hydrogen (secondary N) is 1. The minimum atomic E-state index is 0.509. The van der Waals surface area contributed by atoms with Gasteiger partial charge < -0.3 is 10.1 Å². The van der Waals surface area contributed by atoms with Crippen molar-refractivity contribution in [3.05, 3.63) is 41.7 Å². The number of nitrogens with zero attached hydrogens (tertiary/aromatic N) is 2. The summed E-state index contributed by atoms with van der Waals surface area (Å²) in [4.78, 5) is 8.52. The highest BCUT2D eigenvalue weighted by molar-refractivity contribution is 5.41. The molecule has 4 nitrogen and oxygen atoms in total. The standard InChI is InChI=1S/C15H19N3O/c1-4-8-17-14-9-16-10-15(18-14)19-13-7-5-6-11(2)12(13)3/h5-7,9-10H,4,8H2,1-3H3,(H,17,18). The molecule has 0 spiro atoms. The van der Waals surface area contributed by atoms with Crippen molar-refractivity contribution < 1.29 is 4.74 Å². The summed E-state index contributed by atoms with van der Waals surface area (Å²) < 4.78 is 5.80. The van der Waals surface area contributed by atoms with Gasteiger partial charge in [0.05, 0.1) is 12.4 Å². The summed E-state index contributed by atoms with van der Waals surface area (Å²) in [5.74, 6) is 2.07. The Kier molecular flexibility index (Phi) is 4.34. The van der Waals surface area contributed by atoms with Crippen molar-refractivity contribution in [1.82, 2.24) is 9.97 Å². The molecule has 0 aliphatic carbocycles. The van der Waals surface area contributed by atoms with Crippen molar-refractivity contribution >= 4 is 5.82 Å². The molecule has 0 fully saturated rings. The van der Waals surface area contributed by atoms with Crippen molar-refractivity contribution in [2.24, 2.45) is 0 Å². The number of rotatable bonds is 5. The quantitative estimate of drug-likeness (QED) is 0.887. The van der Waals surface area contributed by atoms with Gasteiger partial charge in [-0.1, -0.05) is 19.1 Å². The van der Waals surface area contributed by atoms with E-state index in [0.29, 0.717) is 5.88 Å². The van der Waals surface area contributed by atoms with Crippen LogP contribution in [-0.4, -0.2) is 16.5 Å². The number of hydrogen-bond acceptors (Lipinski definition) is 4. The molecule has 1 N–H and O–H groups in total. The zero-order valence-electron chi connectivity index (χ0n) is 11.6. The summed E-state index contributed by atoms with van der Waals surface area (Å²) >= 11 is 0. The van der Waals surface area contributed by atoms with Crippen LogP contribution in [0.5, 0.6) is 11.6 Å². The molecule has 0 radical (unpaired) electrons. The van der Waals surface area contributed by atoms with E-state index in [4.69, 9.17) is 4.74 Å². The molecule has 0 bridgehead atoms. The molecule has 1 aromatic heterocycles. The molecule has 0 amide bonds. The molecule has 1 heterocycles. The molecule has 19 heavy (non-hydrogen) atoms. The van der Waals surface area contributed by atoms with Gasteiger partial charge in [-0.25, -0.2) is 0 Å². The summed E-state index contributed by atoms with van der Waals surface area (Å²) in [6.45, 7) is 7.09. The molecule has 1 aromatic carbocycles. The van der Waals surface area contributed by atoms with Gasteiger partial charge in [0.15, 0.2) is 0 Å². The van der Waals surface area contributed by atoms with E-state index in [9.17, 15) is 0 Å². The summed E-state index contributed by atoms with van der Waals surface area (Å²) in [5.41, 5.74) is 2.32. The second-order valence-corrected chi connectivity index (χ2v) is 4.47. The molecule has 0 atom stereocenters. The van der Waals surface area contributed by atoms with E-state index in [2.05, 4.69) is 35.2 Å². The molecule has 100 valence electrons. The minimum absolute atomic E-state index is 0.509. The molecular formula is C15H19N3O. The van der Waals surface area contributed by atoms with Gasteiger partial charge in [0.2, 0.25) is 5.88 Å². The fraction of sp³-hybridized carbons (Fsp3) is 0.333. The average molecular weight is 257 g/mol. The largest absolute Gasteiger partial charge is 0.437 e. The van der Waals surface area contributed by atoms with E-state index in [-0.39, 0.29) is 0 Å². The summed E-state index contributed by atoms with van der Waals surface area (Å²) in [6, 6.07) is 5.98. The second-order valence-electron chi connectivity index (χ2n) is 4.47. The molecule has 2 rings (SSSR count). The van der Waals surface area contributed by atoms with Crippen LogP contribution < -0.4 is 10.1 Å². The topological polar surface area (TPSA) is 47.0 Å². The Labute approximate surface area is 113 Å². The molecule has 0 unspecified atom stereocenters. The van der Waals surface area contributed by atoms with E-state index in [0.717, 1.165) is 30.1 Å². The molecule has 2 aromatic rings. The van der Waals surface area contributed by atoms with Gasteiger partial charge in [-0.3, -0.25) is 4.98 Å². The lowest BCUT2D eigenvalue weighted by molar-refractivity contribution is 0.457. The predicted molar refractivity (Wildman–Crippen MR) is 76.8 cm³/mol. The highest BCUT2D eigenvalue weighted by Gasteiger charge is 2.05. The normalized spacial score (nSPS) is 10.3. The van der Waals surface area contributed by atoms with Crippen LogP contribution in [0.1, 0.15) is 24.5 Å². The lowest BCUT2D eigenvalue weighted by Gasteiger charge is -2.10. The number of benzene rings is 1. The Morgan fingerprint density at radius 2 is 2.05 bits per heavy atom. The molecule has 0 saturated heterocycles. The van der Waals surface area contributed by atoms with Gasteiger partial charge in [-0.05, 0) is 37.5 Å². The summed E-state index contributed by atoms with van der Waals surface area (Å²) in [6.07, 6.45) is 4.37. The second kappa shape index (κ2) is 6.18. The van der Waals surface area contributed by atoms with Crippen LogP contribution >= 0.6 is 0 Å². The Bertz CT molecular complexity index is 555. The number of aryl methyl sites for hydroxylation is 1. The lowest BCUT2D eigenvalue weighted by Crippen LogP contribution is -2.03. The first kappa shape index (κ1) is 13.3. The molecule has 0 aliphatic heterocycles. The van der Waals surface area contributed by atoms with E-state index in [1.807, 2.05) is 19.1 Å². The van der Waals surface area contributed by atoms with Gasteiger partial charge in [-0.2, -0.15) is 4.98 Å². The van der Waals surface area contributed by atoms with Crippen LogP contribution in [0.25, 0.3) is 0 Å². The predicted octanol–water partition coefficient (Wildman–Crippen LogP) is 3.71. The number of ether oxygens (including phenoxy) is 1. The Hall–Kier alpha value is -2.10. The zero-order valence-corrected chi connectivity index (χ0v) is 11.6. The van der Waals surface area contributed by atoms with Crippen LogP contribution in [0, 0.1) is 13.8 Å². The molecular weight excluding hydrogens is 238 g/mol. The van der Waals surface area contributed by atoms with Crippen LogP contribution in [0.4, 0.5) is 5.82 Å². The van der Waals surface area contributed by atoms with Crippen molar-refractivity contribution in [3.8, 4) is 11.6 Å². The third-order valence-corrected chi connectivity index (χ3v) is 2.94. The van der Waals surface area contributed by atoms with E-state index in [1.165, 1.54) is 5.56 Å². The van der Waals surface area contributed by atoms with E-state index >= 15 is 0 Å². The summed E-state index contributed by atoms with van der Waals surface area (Å²) in [5, 5.41) is 3.19. The number of aromatic nitrogens is 2. The van der Waals surface area contributed by atoms with Crippen molar-refractivity contribution in [2.45, 2.75) is 27.2 Å². The first-order chi connectivity index (χ1) is 9.20. The number of hydrogen-bond donors (Lipinski definition) is 1. The van der Waals surface area contributed by atoms with Crippen LogP contribution in [-0.2, 0) is 0 Å². The highest BCUT2D eigenvalue weighted by Crippen LogP contribution is 2.25. The Morgan fingerprint density at radius 1 is 1.21 bits per heavy atom. The molecule has 0 saturated carbocycles. The maximum absolute atomic E-state index is 5.80. The third-order valence-electron chi connectivity index (χ3n) is 2.94. The van der Waals surface area contributed by atoms with E-state index < -0.39 is 0 Å².